The van der Waals surface area contributed by atoms with Gasteiger partial charge in [-0.1, -0.05) is 133 Å². The van der Waals surface area contributed by atoms with Crippen LogP contribution in [-0.4, -0.2) is 49.8 Å². The standard InChI is InChI=1S/C56H56O13P2/c1-37(57-2)40-23-13-17-29-46(40)64-70(65-47-30-18-14-26-43(47)54(58-3)59-4)68-50-35-33-38-21-9-11-24-41(38)52(50)53-42-25-12-10-22-39(42)34-36-51(53)69-71(66-48-31-19-15-27-44(48)55(60-5)61-6)67-49-32-20-16-28-45(49)56(62-7)63-8/h9-37,54-56H,1-8H3. The Hall–Kier alpha value is -6.34. The van der Waals surface area contributed by atoms with Crippen molar-refractivity contribution in [3.8, 4) is 45.6 Å². The van der Waals surface area contributed by atoms with Crippen molar-refractivity contribution in [1.82, 2.24) is 0 Å². The van der Waals surface area contributed by atoms with Crippen LogP contribution in [0.25, 0.3) is 32.7 Å². The highest BCUT2D eigenvalue weighted by atomic mass is 31.2. The summed E-state index contributed by atoms with van der Waals surface area (Å²) in [4.78, 5) is 0. The molecule has 0 heterocycles. The maximum absolute atomic E-state index is 7.15. The van der Waals surface area contributed by atoms with Crippen LogP contribution in [0, 0.1) is 0 Å². The van der Waals surface area contributed by atoms with Crippen LogP contribution in [0.3, 0.4) is 0 Å². The lowest BCUT2D eigenvalue weighted by Crippen LogP contribution is -2.11. The molecule has 8 aromatic carbocycles. The van der Waals surface area contributed by atoms with Gasteiger partial charge in [-0.2, -0.15) is 0 Å². The van der Waals surface area contributed by atoms with Gasteiger partial charge in [-0.3, -0.25) is 0 Å². The highest BCUT2D eigenvalue weighted by molar-refractivity contribution is 7.43. The molecule has 0 aromatic heterocycles. The monoisotopic (exact) mass is 998 g/mol. The summed E-state index contributed by atoms with van der Waals surface area (Å²) >= 11 is 0. The number of para-hydroxylation sites is 4. The first-order chi connectivity index (χ1) is 34.8. The fourth-order valence-electron chi connectivity index (χ4n) is 8.12. The molecule has 71 heavy (non-hydrogen) atoms. The van der Waals surface area contributed by atoms with Gasteiger partial charge >= 0.3 is 17.2 Å². The summed E-state index contributed by atoms with van der Waals surface area (Å²) in [5.74, 6) is 2.66. The molecule has 0 fully saturated rings. The molecule has 0 aliphatic heterocycles. The molecule has 2 unspecified atom stereocenters. The normalized spacial score (nSPS) is 12.5. The van der Waals surface area contributed by atoms with Gasteiger partial charge in [-0.05, 0) is 64.9 Å². The zero-order valence-corrected chi connectivity index (χ0v) is 42.5. The van der Waals surface area contributed by atoms with Crippen molar-refractivity contribution in [3.63, 3.8) is 0 Å². The maximum Gasteiger partial charge on any atom is 0.530 e. The number of methoxy groups -OCH3 is 7. The van der Waals surface area contributed by atoms with Gasteiger partial charge in [0.25, 0.3) is 0 Å². The van der Waals surface area contributed by atoms with Crippen molar-refractivity contribution >= 4 is 38.7 Å². The van der Waals surface area contributed by atoms with Gasteiger partial charge in [0.15, 0.2) is 18.9 Å². The van der Waals surface area contributed by atoms with Crippen LogP contribution in [-0.2, 0) is 33.2 Å². The summed E-state index contributed by atoms with van der Waals surface area (Å²) < 4.78 is 81.6. The Morgan fingerprint density at radius 2 is 0.563 bits per heavy atom. The second kappa shape index (κ2) is 24.7. The third kappa shape index (κ3) is 11.7. The van der Waals surface area contributed by atoms with Crippen LogP contribution < -0.4 is 27.1 Å². The Morgan fingerprint density at radius 3 is 0.901 bits per heavy atom. The van der Waals surface area contributed by atoms with Crippen molar-refractivity contribution in [2.75, 3.05) is 49.8 Å². The highest BCUT2D eigenvalue weighted by Gasteiger charge is 2.32. The average Bonchev–Trinajstić information content (AvgIpc) is 3.41. The molecule has 368 valence electrons. The zero-order valence-electron chi connectivity index (χ0n) is 40.7. The molecule has 0 saturated heterocycles. The van der Waals surface area contributed by atoms with Crippen molar-refractivity contribution in [3.05, 3.63) is 192 Å². The van der Waals surface area contributed by atoms with Gasteiger partial charge in [0, 0.05) is 66.5 Å². The van der Waals surface area contributed by atoms with E-state index in [1.807, 2.05) is 171 Å². The molecule has 8 rings (SSSR count). The third-order valence-electron chi connectivity index (χ3n) is 11.6. The zero-order chi connectivity index (χ0) is 49.7. The SMILES string of the molecule is COC(C)c1ccccc1OP(Oc1ccccc1C(OC)OC)Oc1ccc2ccccc2c1-c1c(OP(Oc2ccccc2C(OC)OC)Oc2ccccc2C(OC)OC)ccc2ccccc12. The molecule has 8 aromatic rings. The number of rotatable bonds is 24. The van der Waals surface area contributed by atoms with Crippen molar-refractivity contribution in [2.45, 2.75) is 31.9 Å². The molecular weight excluding hydrogens is 943 g/mol. The number of hydrogen-bond donors (Lipinski definition) is 0. The predicted molar refractivity (Wildman–Crippen MR) is 276 cm³/mol. The number of ether oxygens (including phenoxy) is 7. The third-order valence-corrected chi connectivity index (χ3v) is 13.7. The Morgan fingerprint density at radius 1 is 0.282 bits per heavy atom. The van der Waals surface area contributed by atoms with Crippen LogP contribution in [0.4, 0.5) is 0 Å². The molecule has 0 spiro atoms. The summed E-state index contributed by atoms with van der Waals surface area (Å²) in [5, 5.41) is 3.61. The lowest BCUT2D eigenvalue weighted by atomic mass is 9.92. The predicted octanol–water partition coefficient (Wildman–Crippen LogP) is 14.8. The molecule has 2 atom stereocenters. The summed E-state index contributed by atoms with van der Waals surface area (Å²) in [7, 11) is 6.37. The van der Waals surface area contributed by atoms with Gasteiger partial charge in [0.05, 0.1) is 22.8 Å². The van der Waals surface area contributed by atoms with Crippen molar-refractivity contribution < 1.29 is 60.3 Å². The summed E-state index contributed by atoms with van der Waals surface area (Å²) in [6, 6.07) is 53.9. The lowest BCUT2D eigenvalue weighted by molar-refractivity contribution is -0.106. The fraction of sp³-hybridized carbons (Fsp3) is 0.214. The molecular formula is C56H56O13P2. The first kappa shape index (κ1) is 51.0. The van der Waals surface area contributed by atoms with Gasteiger partial charge < -0.3 is 60.3 Å². The molecule has 0 aliphatic rings. The van der Waals surface area contributed by atoms with Gasteiger partial charge in [0.2, 0.25) is 0 Å². The summed E-state index contributed by atoms with van der Waals surface area (Å²) in [5.41, 5.74) is 4.08. The minimum Gasteiger partial charge on any atom is -0.408 e. The quantitative estimate of drug-likeness (QED) is 0.0422. The van der Waals surface area contributed by atoms with Gasteiger partial charge in [-0.15, -0.1) is 0 Å². The van der Waals surface area contributed by atoms with Crippen LogP contribution >= 0.6 is 17.2 Å². The second-order valence-corrected chi connectivity index (χ2v) is 17.7. The van der Waals surface area contributed by atoms with E-state index in [4.69, 9.17) is 60.3 Å². The van der Waals surface area contributed by atoms with E-state index in [-0.39, 0.29) is 6.10 Å². The maximum atomic E-state index is 7.15. The molecule has 0 saturated carbocycles. The summed E-state index contributed by atoms with van der Waals surface area (Å²) in [6.07, 6.45) is -2.55. The van der Waals surface area contributed by atoms with E-state index >= 15 is 0 Å². The molecule has 0 bridgehead atoms. The fourth-order valence-corrected chi connectivity index (χ4v) is 10.3. The first-order valence-corrected chi connectivity index (χ1v) is 24.8. The molecule has 0 amide bonds. The summed E-state index contributed by atoms with van der Waals surface area (Å²) in [6.45, 7) is 1.95. The second-order valence-electron chi connectivity index (χ2n) is 15.8. The number of benzene rings is 8. The minimum atomic E-state index is -2.36. The van der Waals surface area contributed by atoms with Crippen LogP contribution in [0.1, 0.15) is 54.2 Å². The average molecular weight is 999 g/mol. The number of fused-ring (bicyclic) bond motifs is 2. The van der Waals surface area contributed by atoms with E-state index in [2.05, 4.69) is 6.07 Å². The van der Waals surface area contributed by atoms with Gasteiger partial charge in [0.1, 0.15) is 34.5 Å². The van der Waals surface area contributed by atoms with E-state index in [1.54, 1.807) is 49.8 Å². The Kier molecular flexibility index (Phi) is 17.7. The van der Waals surface area contributed by atoms with Crippen LogP contribution in [0.15, 0.2) is 170 Å². The van der Waals surface area contributed by atoms with E-state index in [0.717, 1.165) is 27.1 Å². The topological polar surface area (TPSA) is 120 Å². The minimum absolute atomic E-state index is 0.309. The number of hydrogen-bond acceptors (Lipinski definition) is 13. The lowest BCUT2D eigenvalue weighted by Gasteiger charge is -2.26. The molecule has 13 nitrogen and oxygen atoms in total. The Labute approximate surface area is 416 Å². The molecule has 15 heteroatoms. The Bertz CT molecular complexity index is 2940. The van der Waals surface area contributed by atoms with Gasteiger partial charge in [-0.25, -0.2) is 0 Å². The van der Waals surface area contributed by atoms with E-state index < -0.39 is 36.1 Å². The van der Waals surface area contributed by atoms with E-state index in [1.165, 1.54) is 0 Å². The Balaban J connectivity index is 1.32. The van der Waals surface area contributed by atoms with Crippen LogP contribution in [0.5, 0.6) is 34.5 Å². The molecule has 0 aliphatic carbocycles. The van der Waals surface area contributed by atoms with Crippen molar-refractivity contribution in [1.29, 1.82) is 0 Å². The first-order valence-electron chi connectivity index (χ1n) is 22.6. The van der Waals surface area contributed by atoms with Crippen molar-refractivity contribution in [2.24, 2.45) is 0 Å². The van der Waals surface area contributed by atoms with E-state index in [9.17, 15) is 0 Å². The smallest absolute Gasteiger partial charge is 0.408 e. The molecule has 0 radical (unpaired) electrons. The van der Waals surface area contributed by atoms with Crippen LogP contribution in [0.2, 0.25) is 0 Å². The molecule has 0 N–H and O–H groups in total. The highest BCUT2D eigenvalue weighted by Crippen LogP contribution is 2.54. The van der Waals surface area contributed by atoms with E-state index in [0.29, 0.717) is 62.3 Å². The largest absolute Gasteiger partial charge is 0.530 e.